The summed E-state index contributed by atoms with van der Waals surface area (Å²) in [4.78, 5) is 34.6. The van der Waals surface area contributed by atoms with Crippen LogP contribution in [0.15, 0.2) is 12.2 Å². The Hall–Kier alpha value is -1.25. The molecule has 0 aromatic carbocycles. The topological polar surface area (TPSA) is 108 Å². The smallest absolute Gasteiger partial charge is 0.462 e. The standard InChI is InChI=1S/C35H68NO8P/c1-6-8-10-11-12-13-14-15-16-17-18-19-20-21-22-23-24-26-28-35(38)44-33(31-41-34(37)27-25-9-7-2)32-43-45(39,40)42-30-29-36(3,4)5/h16-17,33H,6-15,18-32H2,1-5H3/p+1/b17-16-. The molecule has 0 aromatic rings. The second kappa shape index (κ2) is 28.9. The molecule has 1 N–H and O–H groups in total. The van der Waals surface area contributed by atoms with Crippen molar-refractivity contribution in [2.24, 2.45) is 0 Å². The molecule has 0 aliphatic rings. The summed E-state index contributed by atoms with van der Waals surface area (Å²) in [6.07, 6.45) is 26.3. The number of esters is 2. The van der Waals surface area contributed by atoms with Crippen LogP contribution < -0.4 is 0 Å². The molecule has 0 fully saturated rings. The average molecular weight is 663 g/mol. The van der Waals surface area contributed by atoms with Crippen LogP contribution in [0, 0.1) is 0 Å². The van der Waals surface area contributed by atoms with Gasteiger partial charge in [0.1, 0.15) is 19.8 Å². The van der Waals surface area contributed by atoms with Crippen LogP contribution in [0.4, 0.5) is 0 Å². The molecule has 9 nitrogen and oxygen atoms in total. The van der Waals surface area contributed by atoms with Crippen LogP contribution in [0.25, 0.3) is 0 Å². The summed E-state index contributed by atoms with van der Waals surface area (Å²) in [5.41, 5.74) is 0. The van der Waals surface area contributed by atoms with Gasteiger partial charge in [0.15, 0.2) is 6.10 Å². The van der Waals surface area contributed by atoms with Crippen molar-refractivity contribution in [3.05, 3.63) is 12.2 Å². The SMILES string of the molecule is CCCCCCCCC/C=C\CCCCCCCCCC(=O)OC(COC(=O)CCCCC)COP(=O)(O)OCC[N+](C)(C)C. The van der Waals surface area contributed by atoms with Crippen LogP contribution in [-0.2, 0) is 32.7 Å². The highest BCUT2D eigenvalue weighted by atomic mass is 31.2. The fourth-order valence-corrected chi connectivity index (χ4v) is 5.39. The number of phosphoric acid groups is 1. The Balaban J connectivity index is 4.19. The lowest BCUT2D eigenvalue weighted by Crippen LogP contribution is -2.37. The van der Waals surface area contributed by atoms with Crippen molar-refractivity contribution in [1.82, 2.24) is 0 Å². The zero-order chi connectivity index (χ0) is 33.7. The zero-order valence-corrected chi connectivity index (χ0v) is 30.5. The van der Waals surface area contributed by atoms with Crippen molar-refractivity contribution in [3.8, 4) is 0 Å². The van der Waals surface area contributed by atoms with Gasteiger partial charge < -0.3 is 18.9 Å². The Labute approximate surface area is 276 Å². The van der Waals surface area contributed by atoms with Gasteiger partial charge in [-0.15, -0.1) is 0 Å². The monoisotopic (exact) mass is 662 g/mol. The van der Waals surface area contributed by atoms with E-state index in [1.807, 2.05) is 28.1 Å². The van der Waals surface area contributed by atoms with Crippen LogP contribution in [0.2, 0.25) is 0 Å². The summed E-state index contributed by atoms with van der Waals surface area (Å²) in [6, 6.07) is 0. The highest BCUT2D eigenvalue weighted by Crippen LogP contribution is 2.43. The van der Waals surface area contributed by atoms with E-state index in [4.69, 9.17) is 18.5 Å². The Morgan fingerprint density at radius 2 is 1.13 bits per heavy atom. The number of allylic oxidation sites excluding steroid dienone is 2. The number of unbranched alkanes of at least 4 members (excludes halogenated alkanes) is 16. The summed E-state index contributed by atoms with van der Waals surface area (Å²) in [6.45, 7) is 4.22. The molecule has 266 valence electrons. The zero-order valence-electron chi connectivity index (χ0n) is 29.6. The molecule has 0 saturated heterocycles. The Morgan fingerprint density at radius 1 is 0.667 bits per heavy atom. The van der Waals surface area contributed by atoms with Crippen LogP contribution in [0.1, 0.15) is 149 Å². The molecule has 0 aliphatic carbocycles. The molecule has 2 atom stereocenters. The number of hydrogen-bond acceptors (Lipinski definition) is 7. The third-order valence-corrected chi connectivity index (χ3v) is 8.53. The molecule has 0 amide bonds. The van der Waals surface area contributed by atoms with E-state index in [2.05, 4.69) is 19.1 Å². The number of rotatable bonds is 32. The van der Waals surface area contributed by atoms with Crippen LogP contribution >= 0.6 is 7.82 Å². The minimum Gasteiger partial charge on any atom is -0.462 e. The van der Waals surface area contributed by atoms with Crippen molar-refractivity contribution in [1.29, 1.82) is 0 Å². The van der Waals surface area contributed by atoms with Gasteiger partial charge >= 0.3 is 19.8 Å². The van der Waals surface area contributed by atoms with Gasteiger partial charge in [0.2, 0.25) is 0 Å². The number of carbonyl (C=O) groups excluding carboxylic acids is 2. The molecule has 0 bridgehead atoms. The molecular weight excluding hydrogens is 593 g/mol. The van der Waals surface area contributed by atoms with Crippen LogP contribution in [-0.4, -0.2) is 74.9 Å². The molecule has 0 aliphatic heterocycles. The first kappa shape index (κ1) is 43.8. The maximum absolute atomic E-state index is 12.5. The number of nitrogens with zero attached hydrogens (tertiary/aromatic N) is 1. The predicted molar refractivity (Wildman–Crippen MR) is 183 cm³/mol. The third-order valence-electron chi connectivity index (χ3n) is 7.55. The summed E-state index contributed by atoms with van der Waals surface area (Å²) >= 11 is 0. The van der Waals surface area contributed by atoms with Gasteiger partial charge in [-0.05, 0) is 38.5 Å². The highest BCUT2D eigenvalue weighted by molar-refractivity contribution is 7.47. The van der Waals surface area contributed by atoms with E-state index in [1.54, 1.807) is 0 Å². The number of carbonyl (C=O) groups is 2. The van der Waals surface area contributed by atoms with E-state index in [0.29, 0.717) is 17.4 Å². The quantitative estimate of drug-likeness (QED) is 0.0250. The Morgan fingerprint density at radius 3 is 1.69 bits per heavy atom. The molecule has 0 aromatic heterocycles. The lowest BCUT2D eigenvalue weighted by atomic mass is 10.1. The molecule has 0 saturated carbocycles. The van der Waals surface area contributed by atoms with Gasteiger partial charge in [-0.1, -0.05) is 109 Å². The van der Waals surface area contributed by atoms with Crippen molar-refractivity contribution in [3.63, 3.8) is 0 Å². The molecule has 0 heterocycles. The molecule has 10 heteroatoms. The van der Waals surface area contributed by atoms with Crippen molar-refractivity contribution >= 4 is 19.8 Å². The lowest BCUT2D eigenvalue weighted by Gasteiger charge is -2.24. The van der Waals surface area contributed by atoms with Crippen molar-refractivity contribution in [2.75, 3.05) is 47.5 Å². The van der Waals surface area contributed by atoms with Crippen LogP contribution in [0.5, 0.6) is 0 Å². The fourth-order valence-electron chi connectivity index (χ4n) is 4.65. The van der Waals surface area contributed by atoms with E-state index in [0.717, 1.165) is 44.9 Å². The normalized spacial score (nSPS) is 14.0. The fraction of sp³-hybridized carbons (Fsp3) is 0.886. The van der Waals surface area contributed by atoms with Gasteiger partial charge in [0.25, 0.3) is 0 Å². The summed E-state index contributed by atoms with van der Waals surface area (Å²) < 4.78 is 33.7. The van der Waals surface area contributed by atoms with Gasteiger partial charge in [-0.25, -0.2) is 4.57 Å². The van der Waals surface area contributed by atoms with Crippen molar-refractivity contribution in [2.45, 2.75) is 155 Å². The summed E-state index contributed by atoms with van der Waals surface area (Å²) in [5, 5.41) is 0. The van der Waals surface area contributed by atoms with E-state index in [1.165, 1.54) is 70.6 Å². The van der Waals surface area contributed by atoms with Crippen LogP contribution in [0.3, 0.4) is 0 Å². The van der Waals surface area contributed by atoms with E-state index in [9.17, 15) is 19.0 Å². The maximum atomic E-state index is 12.5. The first-order chi connectivity index (χ1) is 21.5. The Bertz CT molecular complexity index is 799. The number of quaternary nitrogens is 1. The Kier molecular flexibility index (Phi) is 28.1. The van der Waals surface area contributed by atoms with E-state index in [-0.39, 0.29) is 26.1 Å². The van der Waals surface area contributed by atoms with Crippen molar-refractivity contribution < 1.29 is 42.1 Å². The maximum Gasteiger partial charge on any atom is 0.472 e. The molecule has 45 heavy (non-hydrogen) atoms. The minimum atomic E-state index is -4.35. The van der Waals surface area contributed by atoms with E-state index >= 15 is 0 Å². The molecular formula is C35H69NO8P+. The van der Waals surface area contributed by atoms with Gasteiger partial charge in [0, 0.05) is 12.8 Å². The first-order valence-corrected chi connectivity index (χ1v) is 19.4. The molecule has 0 spiro atoms. The third kappa shape index (κ3) is 32.5. The number of hydrogen-bond donors (Lipinski definition) is 1. The number of phosphoric ester groups is 1. The second-order valence-electron chi connectivity index (χ2n) is 13.3. The molecule has 0 rings (SSSR count). The number of ether oxygens (including phenoxy) is 2. The average Bonchev–Trinajstić information content (AvgIpc) is 2.97. The first-order valence-electron chi connectivity index (χ1n) is 17.9. The molecule has 2 unspecified atom stereocenters. The van der Waals surface area contributed by atoms with Gasteiger partial charge in [-0.2, -0.15) is 0 Å². The number of likely N-dealkylation sites (N-methyl/N-ethyl adjacent to an activating group) is 1. The summed E-state index contributed by atoms with van der Waals surface area (Å²) in [5.74, 6) is -0.831. The largest absolute Gasteiger partial charge is 0.472 e. The van der Waals surface area contributed by atoms with E-state index < -0.39 is 32.5 Å². The minimum absolute atomic E-state index is 0.0323. The second-order valence-corrected chi connectivity index (χ2v) is 14.7. The molecule has 0 radical (unpaired) electrons. The van der Waals surface area contributed by atoms with Gasteiger partial charge in [0.05, 0.1) is 27.7 Å². The van der Waals surface area contributed by atoms with Gasteiger partial charge in [-0.3, -0.25) is 18.6 Å². The predicted octanol–water partition coefficient (Wildman–Crippen LogP) is 9.07. The summed E-state index contributed by atoms with van der Waals surface area (Å²) in [7, 11) is 1.47. The lowest BCUT2D eigenvalue weighted by molar-refractivity contribution is -0.870. The highest BCUT2D eigenvalue weighted by Gasteiger charge is 2.27.